The Kier molecular flexibility index (Phi) is 5.98. The number of nitrogens with one attached hydrogen (secondary N) is 2. The normalized spacial score (nSPS) is 10.3. The van der Waals surface area contributed by atoms with Gasteiger partial charge in [0.05, 0.1) is 10.7 Å². The molecule has 116 valence electrons. The predicted molar refractivity (Wildman–Crippen MR) is 89.8 cm³/mol. The Morgan fingerprint density at radius 3 is 2.82 bits per heavy atom. The van der Waals surface area contributed by atoms with Crippen molar-refractivity contribution in [3.05, 3.63) is 46.3 Å². The first kappa shape index (κ1) is 16.5. The third-order valence-corrected chi connectivity index (χ3v) is 3.48. The van der Waals surface area contributed by atoms with Gasteiger partial charge in [-0.25, -0.2) is 9.97 Å². The number of hydrogen-bond acceptors (Lipinski definition) is 4. The van der Waals surface area contributed by atoms with Crippen molar-refractivity contribution in [3.8, 4) is 0 Å². The fraction of sp³-hybridized carbons (Fsp3) is 0.267. The number of carbonyl (C=O) groups excluding carboxylic acids is 1. The third kappa shape index (κ3) is 4.58. The SMILES string of the molecule is CCCCNc1cc(C(=O)Nc2cc(Cl)ccc2Cl)ncn1. The number of aromatic nitrogens is 2. The van der Waals surface area contributed by atoms with Crippen molar-refractivity contribution in [2.75, 3.05) is 17.2 Å². The predicted octanol–water partition coefficient (Wildman–Crippen LogP) is 4.25. The minimum Gasteiger partial charge on any atom is -0.370 e. The van der Waals surface area contributed by atoms with E-state index < -0.39 is 0 Å². The zero-order chi connectivity index (χ0) is 15.9. The van der Waals surface area contributed by atoms with Gasteiger partial charge in [0.1, 0.15) is 17.8 Å². The average molecular weight is 339 g/mol. The first-order chi connectivity index (χ1) is 10.6. The highest BCUT2D eigenvalue weighted by atomic mass is 35.5. The van der Waals surface area contributed by atoms with E-state index in [1.165, 1.54) is 6.33 Å². The lowest BCUT2D eigenvalue weighted by Crippen LogP contribution is -2.15. The van der Waals surface area contributed by atoms with Crippen LogP contribution in [0.4, 0.5) is 11.5 Å². The first-order valence-corrected chi connectivity index (χ1v) is 7.68. The molecule has 2 rings (SSSR count). The van der Waals surface area contributed by atoms with Crippen molar-refractivity contribution in [1.29, 1.82) is 0 Å². The van der Waals surface area contributed by atoms with Crippen LogP contribution in [0.25, 0.3) is 0 Å². The summed E-state index contributed by atoms with van der Waals surface area (Å²) >= 11 is 11.9. The van der Waals surface area contributed by atoms with Gasteiger partial charge >= 0.3 is 0 Å². The van der Waals surface area contributed by atoms with Crippen molar-refractivity contribution in [1.82, 2.24) is 9.97 Å². The van der Waals surface area contributed by atoms with E-state index in [4.69, 9.17) is 23.2 Å². The molecule has 5 nitrogen and oxygen atoms in total. The summed E-state index contributed by atoms with van der Waals surface area (Å²) in [5, 5.41) is 6.74. The molecular formula is C15H16Cl2N4O. The van der Waals surface area contributed by atoms with Gasteiger partial charge in [0, 0.05) is 17.6 Å². The summed E-state index contributed by atoms with van der Waals surface area (Å²) in [6.45, 7) is 2.91. The second-order valence-corrected chi connectivity index (χ2v) is 5.49. The van der Waals surface area contributed by atoms with Crippen molar-refractivity contribution in [2.24, 2.45) is 0 Å². The van der Waals surface area contributed by atoms with Crippen LogP contribution in [-0.2, 0) is 0 Å². The summed E-state index contributed by atoms with van der Waals surface area (Å²) in [6, 6.07) is 6.46. The van der Waals surface area contributed by atoms with Crippen LogP contribution in [0.1, 0.15) is 30.3 Å². The summed E-state index contributed by atoms with van der Waals surface area (Å²) in [5.41, 5.74) is 0.698. The highest BCUT2D eigenvalue weighted by Gasteiger charge is 2.11. The van der Waals surface area contributed by atoms with Crippen LogP contribution in [0, 0.1) is 0 Å². The van der Waals surface area contributed by atoms with Crippen LogP contribution in [-0.4, -0.2) is 22.4 Å². The number of benzene rings is 1. The molecule has 2 N–H and O–H groups in total. The first-order valence-electron chi connectivity index (χ1n) is 6.92. The van der Waals surface area contributed by atoms with Crippen LogP contribution >= 0.6 is 23.2 Å². The Morgan fingerprint density at radius 1 is 1.23 bits per heavy atom. The Hall–Kier alpha value is -1.85. The van der Waals surface area contributed by atoms with Crippen LogP contribution in [0.15, 0.2) is 30.6 Å². The number of amides is 1. The summed E-state index contributed by atoms with van der Waals surface area (Å²) in [4.78, 5) is 20.3. The number of hydrogen-bond donors (Lipinski definition) is 2. The lowest BCUT2D eigenvalue weighted by Gasteiger charge is -2.08. The van der Waals surface area contributed by atoms with Gasteiger partial charge in [-0.3, -0.25) is 4.79 Å². The summed E-state index contributed by atoms with van der Waals surface area (Å²) < 4.78 is 0. The van der Waals surface area contributed by atoms with E-state index in [2.05, 4.69) is 27.5 Å². The summed E-state index contributed by atoms with van der Waals surface area (Å²) in [7, 11) is 0. The van der Waals surface area contributed by atoms with Gasteiger partial charge in [-0.2, -0.15) is 0 Å². The molecule has 1 aromatic heterocycles. The molecule has 0 aliphatic carbocycles. The minimum absolute atomic E-state index is 0.255. The van der Waals surface area contributed by atoms with E-state index in [0.717, 1.165) is 19.4 Å². The van der Waals surface area contributed by atoms with Gasteiger partial charge < -0.3 is 10.6 Å². The van der Waals surface area contributed by atoms with Gasteiger partial charge in [0.2, 0.25) is 0 Å². The number of halogens is 2. The Bertz CT molecular complexity index is 664. The Balaban J connectivity index is 2.09. The maximum atomic E-state index is 12.2. The van der Waals surface area contributed by atoms with Crippen LogP contribution in [0.2, 0.25) is 10.0 Å². The molecule has 22 heavy (non-hydrogen) atoms. The van der Waals surface area contributed by atoms with Crippen molar-refractivity contribution < 1.29 is 4.79 Å². The zero-order valence-corrected chi connectivity index (χ0v) is 13.6. The molecule has 0 unspecified atom stereocenters. The Morgan fingerprint density at radius 2 is 2.05 bits per heavy atom. The quantitative estimate of drug-likeness (QED) is 0.772. The molecule has 0 spiro atoms. The molecule has 2 aromatic rings. The summed E-state index contributed by atoms with van der Waals surface area (Å²) in [6.07, 6.45) is 3.46. The molecular weight excluding hydrogens is 323 g/mol. The molecule has 1 heterocycles. The molecule has 0 aliphatic heterocycles. The standard InChI is InChI=1S/C15H16Cl2N4O/c1-2-3-6-18-14-8-13(19-9-20-14)15(22)21-12-7-10(16)4-5-11(12)17/h4-5,7-9H,2-3,6H2,1H3,(H,21,22)(H,18,19,20). The average Bonchev–Trinajstić information content (AvgIpc) is 2.51. The number of rotatable bonds is 6. The van der Waals surface area contributed by atoms with Crippen molar-refractivity contribution in [3.63, 3.8) is 0 Å². The van der Waals surface area contributed by atoms with Crippen LogP contribution in [0.3, 0.4) is 0 Å². The third-order valence-electron chi connectivity index (χ3n) is 2.91. The molecule has 0 saturated carbocycles. The number of unbranched alkanes of at least 4 members (excludes halogenated alkanes) is 1. The second-order valence-electron chi connectivity index (χ2n) is 4.65. The van der Waals surface area contributed by atoms with E-state index in [9.17, 15) is 4.79 Å². The molecule has 0 aliphatic rings. The lowest BCUT2D eigenvalue weighted by atomic mass is 10.3. The largest absolute Gasteiger partial charge is 0.370 e. The molecule has 1 aromatic carbocycles. The second kappa shape index (κ2) is 7.96. The molecule has 1 amide bonds. The van der Waals surface area contributed by atoms with Gasteiger partial charge in [-0.05, 0) is 24.6 Å². The number of anilines is 2. The maximum absolute atomic E-state index is 12.2. The number of carbonyl (C=O) groups is 1. The van der Waals surface area contributed by atoms with Gasteiger partial charge in [-0.1, -0.05) is 36.5 Å². The highest BCUT2D eigenvalue weighted by Crippen LogP contribution is 2.25. The molecule has 0 bridgehead atoms. The molecule has 0 atom stereocenters. The van der Waals surface area contributed by atoms with Gasteiger partial charge in [-0.15, -0.1) is 0 Å². The van der Waals surface area contributed by atoms with Crippen LogP contribution in [0.5, 0.6) is 0 Å². The van der Waals surface area contributed by atoms with Crippen LogP contribution < -0.4 is 10.6 Å². The van der Waals surface area contributed by atoms with E-state index >= 15 is 0 Å². The topological polar surface area (TPSA) is 66.9 Å². The van der Waals surface area contributed by atoms with Gasteiger partial charge in [0.25, 0.3) is 5.91 Å². The fourth-order valence-electron chi connectivity index (χ4n) is 1.75. The van der Waals surface area contributed by atoms with E-state index in [-0.39, 0.29) is 11.6 Å². The lowest BCUT2D eigenvalue weighted by molar-refractivity contribution is 0.102. The Labute approximate surface area is 139 Å². The smallest absolute Gasteiger partial charge is 0.274 e. The maximum Gasteiger partial charge on any atom is 0.274 e. The van der Waals surface area contributed by atoms with E-state index in [1.807, 2.05) is 0 Å². The van der Waals surface area contributed by atoms with E-state index in [0.29, 0.717) is 21.6 Å². The molecule has 0 radical (unpaired) electrons. The highest BCUT2D eigenvalue weighted by molar-refractivity contribution is 6.35. The van der Waals surface area contributed by atoms with E-state index in [1.54, 1.807) is 24.3 Å². The minimum atomic E-state index is -0.370. The molecule has 7 heteroatoms. The molecule has 0 saturated heterocycles. The summed E-state index contributed by atoms with van der Waals surface area (Å²) in [5.74, 6) is 0.246. The number of nitrogens with zero attached hydrogens (tertiary/aromatic N) is 2. The van der Waals surface area contributed by atoms with Gasteiger partial charge in [0.15, 0.2) is 0 Å². The van der Waals surface area contributed by atoms with Crippen molar-refractivity contribution >= 4 is 40.6 Å². The monoisotopic (exact) mass is 338 g/mol. The zero-order valence-electron chi connectivity index (χ0n) is 12.1. The molecule has 0 fully saturated rings. The van der Waals surface area contributed by atoms with Crippen molar-refractivity contribution in [2.45, 2.75) is 19.8 Å². The fourth-order valence-corrected chi connectivity index (χ4v) is 2.09.